The predicted molar refractivity (Wildman–Crippen MR) is 91.6 cm³/mol. The van der Waals surface area contributed by atoms with Crippen molar-refractivity contribution in [2.75, 3.05) is 4.43 Å². The number of unbranched alkanes of at least 4 members (excludes halogenated alkanes) is 1. The van der Waals surface area contributed by atoms with E-state index in [-0.39, 0.29) is 32.9 Å². The number of thiophene rings is 1. The van der Waals surface area contributed by atoms with Crippen molar-refractivity contribution in [1.82, 2.24) is 0 Å². The monoisotopic (exact) mass is 428 g/mol. The van der Waals surface area contributed by atoms with Crippen LogP contribution in [0.25, 0.3) is 10.4 Å². The Kier molecular flexibility index (Phi) is 6.44. The van der Waals surface area contributed by atoms with E-state index in [1.165, 1.54) is 32.2 Å². The summed E-state index contributed by atoms with van der Waals surface area (Å²) in [5.41, 5.74) is 2.23. The van der Waals surface area contributed by atoms with Gasteiger partial charge >= 0.3 is 148 Å². The fourth-order valence-corrected chi connectivity index (χ4v) is 5.66. The Balaban J connectivity index is 2.17. The molecule has 0 aliphatic rings. The van der Waals surface area contributed by atoms with Gasteiger partial charge in [0, 0.05) is 0 Å². The molecule has 0 fully saturated rings. The van der Waals surface area contributed by atoms with Crippen LogP contribution in [-0.4, -0.2) is 15.2 Å². The van der Waals surface area contributed by atoms with Gasteiger partial charge in [-0.05, 0) is 0 Å². The Morgan fingerprint density at radius 2 is 1.95 bits per heavy atom. The van der Waals surface area contributed by atoms with Gasteiger partial charge in [0.25, 0.3) is 0 Å². The Bertz CT molecular complexity index is 631. The summed E-state index contributed by atoms with van der Waals surface area (Å²) in [5.74, 6) is 0.385. The molecule has 0 bridgehead atoms. The average molecular weight is 428 g/mol. The Morgan fingerprint density at radius 1 is 1.27 bits per heavy atom. The third-order valence-electron chi connectivity index (χ3n) is 3.47. The molecule has 0 aliphatic carbocycles. The molecular weight excluding hydrogens is 405 g/mol. The van der Waals surface area contributed by atoms with E-state index < -0.39 is 0 Å². The summed E-state index contributed by atoms with van der Waals surface area (Å²) in [6, 6.07) is 8.61. The first-order chi connectivity index (χ1) is 10.5. The number of rotatable bonds is 7. The van der Waals surface area contributed by atoms with Crippen molar-refractivity contribution in [2.45, 2.75) is 33.6 Å². The molecule has 4 heteroatoms. The van der Waals surface area contributed by atoms with Gasteiger partial charge in [-0.15, -0.1) is 0 Å². The molecule has 2 N–H and O–H groups in total. The molecule has 0 saturated heterocycles. The van der Waals surface area contributed by atoms with Crippen molar-refractivity contribution < 1.29 is 26.3 Å². The summed E-state index contributed by atoms with van der Waals surface area (Å²) in [6.07, 6.45) is 2.59. The molecule has 0 saturated carbocycles. The summed E-state index contributed by atoms with van der Waals surface area (Å²) in [6.45, 7) is 6.19. The van der Waals surface area contributed by atoms with Crippen LogP contribution in [0.3, 0.4) is 0 Å². The SMILES string of the molecule is CCCC[I-]c1ccc(-c2scc(C(=N)C(C)C)c2O)cc1. The van der Waals surface area contributed by atoms with Gasteiger partial charge in [0.05, 0.1) is 0 Å². The molecule has 1 aromatic heterocycles. The van der Waals surface area contributed by atoms with Gasteiger partial charge < -0.3 is 0 Å². The summed E-state index contributed by atoms with van der Waals surface area (Å²) < 4.78 is 2.80. The predicted octanol–water partition coefficient (Wildman–Crippen LogP) is 2.20. The first-order valence-electron chi connectivity index (χ1n) is 7.63. The van der Waals surface area contributed by atoms with Crippen LogP contribution in [0.4, 0.5) is 0 Å². The normalized spacial score (nSPS) is 11.3. The molecule has 1 heterocycles. The molecule has 0 aliphatic heterocycles. The minimum absolute atomic E-state index is 0.122. The van der Waals surface area contributed by atoms with Crippen molar-refractivity contribution in [3.8, 4) is 16.2 Å². The van der Waals surface area contributed by atoms with Gasteiger partial charge in [-0.25, -0.2) is 0 Å². The molecule has 0 spiro atoms. The fraction of sp³-hybridized carbons (Fsp3) is 0.389. The van der Waals surface area contributed by atoms with E-state index in [0.717, 1.165) is 10.4 Å². The molecule has 2 nitrogen and oxygen atoms in total. The Hall–Kier alpha value is -0.880. The summed E-state index contributed by atoms with van der Waals surface area (Å²) >= 11 is 1.64. The fourth-order valence-electron chi connectivity index (χ4n) is 2.06. The second-order valence-corrected chi connectivity index (χ2v) is 9.55. The Morgan fingerprint density at radius 3 is 2.55 bits per heavy atom. The molecule has 0 amide bonds. The standard InChI is InChI=1S/C18H23INOS/c1-4-5-10-19-14-8-6-13(7-9-14)18-17(21)15(11-22-18)16(20)12(2)3/h6-9,11-12,20-21H,4-5,10H2,1-3H3/q-1. The summed E-state index contributed by atoms with van der Waals surface area (Å²) in [5, 5.41) is 20.4. The maximum atomic E-state index is 10.4. The van der Waals surface area contributed by atoms with Crippen LogP contribution in [0, 0.1) is 14.9 Å². The number of aromatic hydroxyl groups is 1. The molecule has 0 radical (unpaired) electrons. The molecule has 2 aromatic rings. The van der Waals surface area contributed by atoms with Crippen LogP contribution in [-0.2, 0) is 0 Å². The molecule has 22 heavy (non-hydrogen) atoms. The summed E-state index contributed by atoms with van der Waals surface area (Å²) in [4.78, 5) is 0.874. The second kappa shape index (κ2) is 8.11. The number of hydrogen-bond donors (Lipinski definition) is 2. The number of halogens is 1. The van der Waals surface area contributed by atoms with Crippen LogP contribution < -0.4 is 21.2 Å². The van der Waals surface area contributed by atoms with Crippen molar-refractivity contribution in [3.05, 3.63) is 38.8 Å². The third kappa shape index (κ3) is 4.10. The van der Waals surface area contributed by atoms with E-state index in [0.29, 0.717) is 11.3 Å². The maximum absolute atomic E-state index is 10.4. The van der Waals surface area contributed by atoms with E-state index in [2.05, 4.69) is 31.2 Å². The molecule has 1 aromatic carbocycles. The average Bonchev–Trinajstić information content (AvgIpc) is 2.89. The molecule has 120 valence electrons. The van der Waals surface area contributed by atoms with E-state index in [4.69, 9.17) is 5.41 Å². The van der Waals surface area contributed by atoms with E-state index in [1.807, 2.05) is 19.2 Å². The van der Waals surface area contributed by atoms with Gasteiger partial charge in [-0.2, -0.15) is 0 Å². The molecule has 0 atom stereocenters. The topological polar surface area (TPSA) is 44.1 Å². The molecule has 2 rings (SSSR count). The first kappa shape index (κ1) is 17.5. The van der Waals surface area contributed by atoms with E-state index in [9.17, 15) is 5.11 Å². The zero-order valence-electron chi connectivity index (χ0n) is 13.3. The molecule has 0 unspecified atom stereocenters. The van der Waals surface area contributed by atoms with Crippen LogP contribution in [0.2, 0.25) is 0 Å². The summed E-state index contributed by atoms with van der Waals surface area (Å²) in [7, 11) is 0. The number of hydrogen-bond acceptors (Lipinski definition) is 3. The van der Waals surface area contributed by atoms with Crippen molar-refractivity contribution in [2.24, 2.45) is 5.92 Å². The van der Waals surface area contributed by atoms with Crippen LogP contribution in [0.1, 0.15) is 39.2 Å². The number of benzene rings is 1. The van der Waals surface area contributed by atoms with Crippen molar-refractivity contribution >= 4 is 17.0 Å². The van der Waals surface area contributed by atoms with Crippen LogP contribution in [0.15, 0.2) is 29.6 Å². The van der Waals surface area contributed by atoms with Gasteiger partial charge in [0.15, 0.2) is 0 Å². The molecular formula is C18H23INOS-. The van der Waals surface area contributed by atoms with Crippen LogP contribution >= 0.6 is 11.3 Å². The van der Waals surface area contributed by atoms with E-state index >= 15 is 0 Å². The number of nitrogens with one attached hydrogen (secondary N) is 1. The zero-order chi connectivity index (χ0) is 16.1. The van der Waals surface area contributed by atoms with Crippen LogP contribution in [0.5, 0.6) is 5.75 Å². The quantitative estimate of drug-likeness (QED) is 0.302. The van der Waals surface area contributed by atoms with Crippen molar-refractivity contribution in [3.63, 3.8) is 0 Å². The zero-order valence-corrected chi connectivity index (χ0v) is 16.3. The minimum atomic E-state index is 0.122. The first-order valence-corrected chi connectivity index (χ1v) is 11.1. The van der Waals surface area contributed by atoms with Gasteiger partial charge in [0.1, 0.15) is 0 Å². The van der Waals surface area contributed by atoms with Crippen molar-refractivity contribution in [1.29, 1.82) is 5.41 Å². The Labute approximate surface area is 147 Å². The third-order valence-corrected chi connectivity index (χ3v) is 7.40. The second-order valence-electron chi connectivity index (χ2n) is 5.58. The van der Waals surface area contributed by atoms with E-state index in [1.54, 1.807) is 0 Å². The van der Waals surface area contributed by atoms with Gasteiger partial charge in [0.2, 0.25) is 0 Å². The van der Waals surface area contributed by atoms with Gasteiger partial charge in [-0.3, -0.25) is 0 Å². The van der Waals surface area contributed by atoms with Gasteiger partial charge in [-0.1, -0.05) is 0 Å². The number of alkyl halides is 1.